The average Bonchev–Trinajstić information content (AvgIpc) is 2.56. The number of phenolic OH excluding ortho intramolecular Hbond substituents is 2. The molecule has 0 atom stereocenters. The molecule has 1 saturated heterocycles. The third kappa shape index (κ3) is 4.33. The number of phenols is 2. The van der Waals surface area contributed by atoms with Crippen molar-refractivity contribution >= 4 is 23.2 Å². The second-order valence-electron chi connectivity index (χ2n) is 6.10. The van der Waals surface area contributed by atoms with E-state index >= 15 is 0 Å². The summed E-state index contributed by atoms with van der Waals surface area (Å²) >= 11 is 12.0. The largest absolute Gasteiger partial charge is 0.508 e. The lowest BCUT2D eigenvalue weighted by molar-refractivity contribution is 0.120. The van der Waals surface area contributed by atoms with Gasteiger partial charge in [-0.05, 0) is 36.4 Å². The van der Waals surface area contributed by atoms with Crippen LogP contribution in [0.3, 0.4) is 0 Å². The standard InChI is InChI=1S/C18H20Cl2N2O2/c19-15-1-3-17(23)13(9-15)11-21-5-7-22(8-6-21)12-14-10-16(20)2-4-18(14)24/h1-4,9-10,23-24H,5-8,11-12H2. The normalized spacial score (nSPS) is 16.4. The van der Waals surface area contributed by atoms with Crippen LogP contribution in [0.4, 0.5) is 0 Å². The number of halogens is 2. The molecule has 1 fully saturated rings. The van der Waals surface area contributed by atoms with Gasteiger partial charge < -0.3 is 10.2 Å². The second-order valence-corrected chi connectivity index (χ2v) is 6.97. The number of rotatable bonds is 4. The Balaban J connectivity index is 1.56. The predicted molar refractivity (Wildman–Crippen MR) is 96.8 cm³/mol. The Hall–Kier alpha value is -1.46. The van der Waals surface area contributed by atoms with Crippen molar-refractivity contribution in [1.82, 2.24) is 9.80 Å². The first-order chi connectivity index (χ1) is 11.5. The molecule has 0 bridgehead atoms. The SMILES string of the molecule is Oc1ccc(Cl)cc1CN1CCN(Cc2cc(Cl)ccc2O)CC1. The van der Waals surface area contributed by atoms with Gasteiger partial charge in [-0.15, -0.1) is 0 Å². The molecule has 2 N–H and O–H groups in total. The first kappa shape index (κ1) is 17.4. The van der Waals surface area contributed by atoms with E-state index in [4.69, 9.17) is 23.2 Å². The molecular weight excluding hydrogens is 347 g/mol. The monoisotopic (exact) mass is 366 g/mol. The summed E-state index contributed by atoms with van der Waals surface area (Å²) in [5.41, 5.74) is 1.70. The highest BCUT2D eigenvalue weighted by Gasteiger charge is 2.19. The van der Waals surface area contributed by atoms with Crippen molar-refractivity contribution in [2.45, 2.75) is 13.1 Å². The van der Waals surface area contributed by atoms with Gasteiger partial charge >= 0.3 is 0 Å². The van der Waals surface area contributed by atoms with E-state index in [0.29, 0.717) is 23.1 Å². The van der Waals surface area contributed by atoms with Crippen molar-refractivity contribution in [3.63, 3.8) is 0 Å². The number of hydrogen-bond acceptors (Lipinski definition) is 4. The van der Waals surface area contributed by atoms with Gasteiger partial charge in [0, 0.05) is 60.4 Å². The highest BCUT2D eigenvalue weighted by Crippen LogP contribution is 2.25. The number of piperazine rings is 1. The van der Waals surface area contributed by atoms with Gasteiger partial charge in [0.05, 0.1) is 0 Å². The molecule has 0 aliphatic carbocycles. The quantitative estimate of drug-likeness (QED) is 0.865. The summed E-state index contributed by atoms with van der Waals surface area (Å²) in [5.74, 6) is 0.566. The summed E-state index contributed by atoms with van der Waals surface area (Å²) in [4.78, 5) is 4.58. The van der Waals surface area contributed by atoms with Gasteiger partial charge in [-0.2, -0.15) is 0 Å². The van der Waals surface area contributed by atoms with Crippen molar-refractivity contribution in [1.29, 1.82) is 0 Å². The third-order valence-corrected chi connectivity index (χ3v) is 4.81. The predicted octanol–water partition coefficient (Wildman–Crippen LogP) is 3.72. The molecule has 0 radical (unpaired) electrons. The minimum absolute atomic E-state index is 0.283. The van der Waals surface area contributed by atoms with E-state index in [9.17, 15) is 10.2 Å². The summed E-state index contributed by atoms with van der Waals surface area (Å²) in [5, 5.41) is 21.1. The zero-order valence-electron chi connectivity index (χ0n) is 13.3. The first-order valence-electron chi connectivity index (χ1n) is 7.91. The van der Waals surface area contributed by atoms with Gasteiger partial charge in [0.2, 0.25) is 0 Å². The van der Waals surface area contributed by atoms with E-state index in [1.165, 1.54) is 0 Å². The topological polar surface area (TPSA) is 46.9 Å². The van der Waals surface area contributed by atoms with Crippen molar-refractivity contribution in [3.8, 4) is 11.5 Å². The van der Waals surface area contributed by atoms with Gasteiger partial charge in [-0.3, -0.25) is 9.80 Å². The smallest absolute Gasteiger partial charge is 0.120 e. The Bertz CT molecular complexity index is 655. The molecule has 1 aliphatic rings. The molecule has 128 valence electrons. The van der Waals surface area contributed by atoms with Crippen LogP contribution in [0.25, 0.3) is 0 Å². The van der Waals surface area contributed by atoms with Gasteiger partial charge in [0.25, 0.3) is 0 Å². The number of nitrogens with zero attached hydrogens (tertiary/aromatic N) is 2. The Morgan fingerprint density at radius 3 is 1.46 bits per heavy atom. The summed E-state index contributed by atoms with van der Waals surface area (Å²) in [6, 6.07) is 10.3. The highest BCUT2D eigenvalue weighted by atomic mass is 35.5. The van der Waals surface area contributed by atoms with E-state index in [1.54, 1.807) is 24.3 Å². The molecule has 3 rings (SSSR count). The number of aromatic hydroxyl groups is 2. The molecular formula is C18H20Cl2N2O2. The second kappa shape index (κ2) is 7.62. The first-order valence-corrected chi connectivity index (χ1v) is 8.66. The fraction of sp³-hybridized carbons (Fsp3) is 0.333. The molecule has 24 heavy (non-hydrogen) atoms. The molecule has 0 amide bonds. The minimum atomic E-state index is 0.283. The van der Waals surface area contributed by atoms with Crippen LogP contribution in [0.15, 0.2) is 36.4 Å². The molecule has 0 spiro atoms. The van der Waals surface area contributed by atoms with Crippen LogP contribution < -0.4 is 0 Å². The third-order valence-electron chi connectivity index (χ3n) is 4.34. The van der Waals surface area contributed by atoms with Gasteiger partial charge in [-0.1, -0.05) is 23.2 Å². The number of hydrogen-bond donors (Lipinski definition) is 2. The summed E-state index contributed by atoms with van der Waals surface area (Å²) < 4.78 is 0. The van der Waals surface area contributed by atoms with Crippen LogP contribution >= 0.6 is 23.2 Å². The lowest BCUT2D eigenvalue weighted by Gasteiger charge is -2.35. The Kier molecular flexibility index (Phi) is 5.51. The summed E-state index contributed by atoms with van der Waals surface area (Å²) in [6.07, 6.45) is 0. The molecule has 0 saturated carbocycles. The van der Waals surface area contributed by atoms with Crippen LogP contribution in [0.5, 0.6) is 11.5 Å². The van der Waals surface area contributed by atoms with E-state index in [2.05, 4.69) is 9.80 Å². The molecule has 0 aromatic heterocycles. The molecule has 1 aliphatic heterocycles. The number of benzene rings is 2. The minimum Gasteiger partial charge on any atom is -0.508 e. The highest BCUT2D eigenvalue weighted by molar-refractivity contribution is 6.31. The van der Waals surface area contributed by atoms with E-state index in [0.717, 1.165) is 37.3 Å². The maximum atomic E-state index is 9.93. The molecule has 2 aromatic rings. The van der Waals surface area contributed by atoms with Crippen molar-refractivity contribution in [2.75, 3.05) is 26.2 Å². The van der Waals surface area contributed by atoms with Gasteiger partial charge in [0.15, 0.2) is 0 Å². The summed E-state index contributed by atoms with van der Waals surface area (Å²) in [6.45, 7) is 4.95. The Morgan fingerprint density at radius 2 is 1.08 bits per heavy atom. The fourth-order valence-corrected chi connectivity index (χ4v) is 3.34. The maximum Gasteiger partial charge on any atom is 0.120 e. The van der Waals surface area contributed by atoms with Crippen molar-refractivity contribution in [3.05, 3.63) is 57.6 Å². The van der Waals surface area contributed by atoms with Crippen LogP contribution in [0, 0.1) is 0 Å². The maximum absolute atomic E-state index is 9.93. The van der Waals surface area contributed by atoms with E-state index < -0.39 is 0 Å². The zero-order chi connectivity index (χ0) is 17.1. The van der Waals surface area contributed by atoms with Gasteiger partial charge in [0.1, 0.15) is 11.5 Å². The van der Waals surface area contributed by atoms with Crippen molar-refractivity contribution < 1.29 is 10.2 Å². The Labute approximate surface area is 151 Å². The van der Waals surface area contributed by atoms with Crippen LogP contribution in [0.2, 0.25) is 10.0 Å². The zero-order valence-corrected chi connectivity index (χ0v) is 14.8. The van der Waals surface area contributed by atoms with Crippen molar-refractivity contribution in [2.24, 2.45) is 0 Å². The van der Waals surface area contributed by atoms with Gasteiger partial charge in [-0.25, -0.2) is 0 Å². The van der Waals surface area contributed by atoms with Crippen LogP contribution in [-0.4, -0.2) is 46.2 Å². The molecule has 2 aromatic carbocycles. The Morgan fingerprint density at radius 1 is 0.708 bits per heavy atom. The van der Waals surface area contributed by atoms with Crippen LogP contribution in [0.1, 0.15) is 11.1 Å². The van der Waals surface area contributed by atoms with E-state index in [1.807, 2.05) is 12.1 Å². The molecule has 0 unspecified atom stereocenters. The molecule has 1 heterocycles. The lowest BCUT2D eigenvalue weighted by atomic mass is 10.1. The van der Waals surface area contributed by atoms with E-state index in [-0.39, 0.29) is 11.5 Å². The molecule has 6 heteroatoms. The van der Waals surface area contributed by atoms with Crippen LogP contribution in [-0.2, 0) is 13.1 Å². The average molecular weight is 367 g/mol. The summed E-state index contributed by atoms with van der Waals surface area (Å²) in [7, 11) is 0. The molecule has 4 nitrogen and oxygen atoms in total. The lowest BCUT2D eigenvalue weighted by Crippen LogP contribution is -2.45. The fourth-order valence-electron chi connectivity index (χ4n) is 2.95.